The van der Waals surface area contributed by atoms with E-state index in [-0.39, 0.29) is 36.6 Å². The molecule has 2 N–H and O–H groups in total. The van der Waals surface area contributed by atoms with Crippen LogP contribution < -0.4 is 15.4 Å². The Morgan fingerprint density at radius 3 is 2.68 bits per heavy atom. The summed E-state index contributed by atoms with van der Waals surface area (Å²) in [6, 6.07) is 6.49. The Bertz CT molecular complexity index is 972. The summed E-state index contributed by atoms with van der Waals surface area (Å²) in [7, 11) is 1.24. The van der Waals surface area contributed by atoms with E-state index in [2.05, 4.69) is 14.7 Å². The highest BCUT2D eigenvalue weighted by Gasteiger charge is 2.31. The molecule has 1 heterocycles. The molecule has 1 aromatic carbocycles. The molecule has 2 rings (SSSR count). The van der Waals surface area contributed by atoms with E-state index in [1.165, 1.54) is 7.11 Å². The van der Waals surface area contributed by atoms with Crippen LogP contribution in [0.1, 0.15) is 12.5 Å². The van der Waals surface area contributed by atoms with Gasteiger partial charge in [0, 0.05) is 0 Å². The zero-order valence-electron chi connectivity index (χ0n) is 17.1. The van der Waals surface area contributed by atoms with Crippen molar-refractivity contribution in [3.05, 3.63) is 39.9 Å². The van der Waals surface area contributed by atoms with Crippen molar-refractivity contribution in [1.29, 1.82) is 0 Å². The number of nitrogens with two attached hydrogens (primary N) is 1. The van der Waals surface area contributed by atoms with Gasteiger partial charge in [-0.15, -0.1) is 0 Å². The normalized spacial score (nSPS) is 10.3. The van der Waals surface area contributed by atoms with Gasteiger partial charge < -0.3 is 19.9 Å². The number of hydrogen-bond acceptors (Lipinski definition) is 11. The summed E-state index contributed by atoms with van der Waals surface area (Å²) in [4.78, 5) is 43.8. The maximum absolute atomic E-state index is 12.7. The molecule has 0 atom stereocenters. The van der Waals surface area contributed by atoms with Crippen molar-refractivity contribution < 1.29 is 28.7 Å². The number of amides is 1. The predicted molar refractivity (Wildman–Crippen MR) is 112 cm³/mol. The highest BCUT2D eigenvalue weighted by Crippen LogP contribution is 2.34. The van der Waals surface area contributed by atoms with E-state index in [1.807, 2.05) is 0 Å². The van der Waals surface area contributed by atoms with Crippen LogP contribution in [0.3, 0.4) is 0 Å². The van der Waals surface area contributed by atoms with Gasteiger partial charge in [0.05, 0.1) is 25.2 Å². The Morgan fingerprint density at radius 2 is 2.06 bits per heavy atom. The molecule has 0 fully saturated rings. The number of carbonyl (C=O) groups excluding carboxylic acids is 2. The Balaban J connectivity index is 2.46. The smallest absolute Gasteiger partial charge is 0.415 e. The maximum atomic E-state index is 12.7. The number of carbonyl (C=O) groups is 2. The molecule has 0 spiro atoms. The Hall–Kier alpha value is -3.61. The molecule has 0 aliphatic rings. The van der Waals surface area contributed by atoms with E-state index >= 15 is 0 Å². The lowest BCUT2D eigenvalue weighted by Gasteiger charge is -2.21. The lowest BCUT2D eigenvalue weighted by molar-refractivity contribution is -0.383. The van der Waals surface area contributed by atoms with E-state index in [0.29, 0.717) is 11.3 Å². The number of rotatable bonds is 9. The summed E-state index contributed by atoms with van der Waals surface area (Å²) in [6.07, 6.45) is 0.818. The Kier molecular flexibility index (Phi) is 8.37. The van der Waals surface area contributed by atoms with Gasteiger partial charge in [0.1, 0.15) is 5.75 Å². The molecule has 0 saturated heterocycles. The van der Waals surface area contributed by atoms with Crippen LogP contribution in [0, 0.1) is 10.1 Å². The van der Waals surface area contributed by atoms with Gasteiger partial charge in [-0.2, -0.15) is 9.97 Å². The highest BCUT2D eigenvalue weighted by atomic mass is 32.2. The molecule has 0 bridgehead atoms. The molecule has 166 valence electrons. The third-order valence-electron chi connectivity index (χ3n) is 3.80. The first-order valence-corrected chi connectivity index (χ1v) is 10.1. The average Bonchev–Trinajstić information content (AvgIpc) is 2.75. The quantitative estimate of drug-likeness (QED) is 0.196. The van der Waals surface area contributed by atoms with Crippen molar-refractivity contribution in [2.24, 2.45) is 0 Å². The Labute approximate surface area is 181 Å². The first kappa shape index (κ1) is 23.7. The van der Waals surface area contributed by atoms with Crippen molar-refractivity contribution >= 4 is 41.1 Å². The van der Waals surface area contributed by atoms with Crippen molar-refractivity contribution in [3.8, 4) is 5.75 Å². The number of nitro groups is 1. The Morgan fingerprint density at radius 1 is 1.32 bits per heavy atom. The number of aromatic nitrogens is 2. The van der Waals surface area contributed by atoms with Gasteiger partial charge in [0.2, 0.25) is 11.6 Å². The number of thioether (sulfide) groups is 1. The van der Waals surface area contributed by atoms with Crippen LogP contribution in [0.5, 0.6) is 5.75 Å². The van der Waals surface area contributed by atoms with E-state index in [1.54, 1.807) is 37.4 Å². The van der Waals surface area contributed by atoms with Gasteiger partial charge in [-0.1, -0.05) is 23.9 Å². The van der Waals surface area contributed by atoms with Gasteiger partial charge in [0.15, 0.2) is 11.8 Å². The van der Waals surface area contributed by atoms with Crippen LogP contribution in [-0.2, 0) is 20.8 Å². The van der Waals surface area contributed by atoms with Crippen LogP contribution >= 0.6 is 11.8 Å². The van der Waals surface area contributed by atoms with E-state index in [4.69, 9.17) is 15.2 Å². The van der Waals surface area contributed by atoms with Crippen molar-refractivity contribution in [1.82, 2.24) is 9.97 Å². The van der Waals surface area contributed by atoms with Gasteiger partial charge in [0.25, 0.3) is 0 Å². The van der Waals surface area contributed by atoms with Gasteiger partial charge in [-0.05, 0) is 30.9 Å². The predicted octanol–water partition coefficient (Wildman–Crippen LogP) is 2.40. The zero-order valence-corrected chi connectivity index (χ0v) is 17.9. The second-order valence-corrected chi connectivity index (χ2v) is 6.60. The SMILES string of the molecule is CCOC(=O)N(Cc1cccc(OCC(=O)OC)c1)c1nc(SC)nc(N)c1[N+](=O)[O-]. The topological polar surface area (TPSA) is 160 Å². The minimum absolute atomic E-state index is 0.0430. The van der Waals surface area contributed by atoms with Gasteiger partial charge >= 0.3 is 17.7 Å². The van der Waals surface area contributed by atoms with Crippen LogP contribution in [-0.4, -0.2) is 53.5 Å². The van der Waals surface area contributed by atoms with Crippen LogP contribution in [0.2, 0.25) is 0 Å². The zero-order chi connectivity index (χ0) is 23.0. The van der Waals surface area contributed by atoms with Gasteiger partial charge in [-0.25, -0.2) is 9.59 Å². The lowest BCUT2D eigenvalue weighted by atomic mass is 10.2. The molecule has 0 aliphatic carbocycles. The number of ether oxygens (including phenoxy) is 3. The number of methoxy groups -OCH3 is 1. The molecular weight excluding hydrogens is 430 g/mol. The molecule has 0 radical (unpaired) electrons. The molecule has 0 saturated carbocycles. The van der Waals surface area contributed by atoms with E-state index in [0.717, 1.165) is 16.7 Å². The number of esters is 1. The third-order valence-corrected chi connectivity index (χ3v) is 4.35. The summed E-state index contributed by atoms with van der Waals surface area (Å²) >= 11 is 1.11. The first-order chi connectivity index (χ1) is 14.8. The largest absolute Gasteiger partial charge is 0.482 e. The number of hydrogen-bond donors (Lipinski definition) is 1. The van der Waals surface area contributed by atoms with Crippen LogP contribution in [0.15, 0.2) is 29.4 Å². The lowest BCUT2D eigenvalue weighted by Crippen LogP contribution is -2.33. The molecule has 13 heteroatoms. The minimum Gasteiger partial charge on any atom is -0.482 e. The number of nitrogens with zero attached hydrogens (tertiary/aromatic N) is 4. The summed E-state index contributed by atoms with van der Waals surface area (Å²) in [5, 5.41) is 11.8. The van der Waals surface area contributed by atoms with Crippen LogP contribution in [0.25, 0.3) is 0 Å². The molecule has 1 aromatic heterocycles. The summed E-state index contributed by atoms with van der Waals surface area (Å²) < 4.78 is 14.9. The summed E-state index contributed by atoms with van der Waals surface area (Å²) in [6.45, 7) is 1.21. The summed E-state index contributed by atoms with van der Waals surface area (Å²) in [5.74, 6) is -0.881. The molecule has 1 amide bonds. The number of nitrogen functional groups attached to an aromatic ring is 1. The molecule has 12 nitrogen and oxygen atoms in total. The van der Waals surface area contributed by atoms with E-state index in [9.17, 15) is 19.7 Å². The second kappa shape index (κ2) is 11.0. The van der Waals surface area contributed by atoms with Crippen molar-refractivity contribution in [3.63, 3.8) is 0 Å². The van der Waals surface area contributed by atoms with Crippen molar-refractivity contribution in [2.75, 3.05) is 37.2 Å². The van der Waals surface area contributed by atoms with Gasteiger partial charge in [-0.3, -0.25) is 15.0 Å². The third kappa shape index (κ3) is 6.18. The number of benzene rings is 1. The molecule has 0 unspecified atom stereocenters. The molecular formula is C18H21N5O7S. The second-order valence-electron chi connectivity index (χ2n) is 5.82. The minimum atomic E-state index is -0.850. The molecule has 2 aromatic rings. The highest BCUT2D eigenvalue weighted by molar-refractivity contribution is 7.98. The molecule has 31 heavy (non-hydrogen) atoms. The fourth-order valence-electron chi connectivity index (χ4n) is 2.44. The standard InChI is InChI=1S/C18H21N5O7S/c1-4-29-18(25)22(16-14(23(26)27)15(19)20-17(21-16)31-3)9-11-6-5-7-12(8-11)30-10-13(24)28-2/h5-8H,4,9-10H2,1-3H3,(H2,19,20,21). The van der Waals surface area contributed by atoms with E-state index < -0.39 is 22.7 Å². The average molecular weight is 451 g/mol. The summed E-state index contributed by atoms with van der Waals surface area (Å²) in [5.41, 5.74) is 5.69. The number of anilines is 2. The monoisotopic (exact) mass is 451 g/mol. The fourth-order valence-corrected chi connectivity index (χ4v) is 2.81. The molecule has 0 aliphatic heterocycles. The van der Waals surface area contributed by atoms with Crippen LogP contribution in [0.4, 0.5) is 22.1 Å². The fraction of sp³-hybridized carbons (Fsp3) is 0.333. The maximum Gasteiger partial charge on any atom is 0.415 e. The van der Waals surface area contributed by atoms with Crippen molar-refractivity contribution in [2.45, 2.75) is 18.6 Å². The first-order valence-electron chi connectivity index (χ1n) is 8.89.